The highest BCUT2D eigenvalue weighted by Crippen LogP contribution is 2.31. The average molecular weight is 343 g/mol. The molecule has 2 saturated heterocycles. The Hall–Kier alpha value is -2.08. The second-order valence-corrected chi connectivity index (χ2v) is 7.56. The summed E-state index contributed by atoms with van der Waals surface area (Å²) in [5, 5.41) is 0. The number of nitrogens with zero attached hydrogens (tertiary/aromatic N) is 3. The molecule has 6 heteroatoms. The van der Waals surface area contributed by atoms with Gasteiger partial charge in [0.25, 0.3) is 0 Å². The summed E-state index contributed by atoms with van der Waals surface area (Å²) >= 11 is 0. The first-order valence-electron chi connectivity index (χ1n) is 9.06. The highest BCUT2D eigenvalue weighted by atomic mass is 16.6. The molecule has 0 radical (unpaired) electrons. The summed E-state index contributed by atoms with van der Waals surface area (Å²) in [6, 6.07) is 8.46. The normalized spacial score (nSPS) is 26.7. The number of hydrogen-bond acceptors (Lipinski definition) is 4. The number of rotatable bonds is 2. The number of piperidine rings is 1. The molecule has 25 heavy (non-hydrogen) atoms. The molecule has 1 aromatic rings. The molecule has 3 aliphatic heterocycles. The zero-order chi connectivity index (χ0) is 17.4. The number of likely N-dealkylation sites (tertiary alicyclic amines) is 1. The SMILES string of the molecule is CN1C[C@@]2(CCCN(C(=O)CN3CCc4ccccc4C3)C2)OC1=O. The van der Waals surface area contributed by atoms with Crippen molar-refractivity contribution in [2.75, 3.05) is 39.8 Å². The van der Waals surface area contributed by atoms with Gasteiger partial charge in [0.15, 0.2) is 0 Å². The fourth-order valence-corrected chi connectivity index (χ4v) is 4.30. The van der Waals surface area contributed by atoms with Crippen LogP contribution in [0.2, 0.25) is 0 Å². The number of hydrogen-bond donors (Lipinski definition) is 0. The quantitative estimate of drug-likeness (QED) is 0.816. The molecule has 0 saturated carbocycles. The van der Waals surface area contributed by atoms with Gasteiger partial charge in [-0.3, -0.25) is 9.69 Å². The van der Waals surface area contributed by atoms with E-state index in [2.05, 4.69) is 29.2 Å². The van der Waals surface area contributed by atoms with Gasteiger partial charge >= 0.3 is 6.09 Å². The summed E-state index contributed by atoms with van der Waals surface area (Å²) in [5.41, 5.74) is 2.21. The molecule has 0 aromatic heterocycles. The number of benzene rings is 1. The van der Waals surface area contributed by atoms with Gasteiger partial charge in [-0.1, -0.05) is 24.3 Å². The predicted octanol–water partition coefficient (Wildman–Crippen LogP) is 1.49. The molecule has 6 nitrogen and oxygen atoms in total. The van der Waals surface area contributed by atoms with Crippen LogP contribution >= 0.6 is 0 Å². The molecule has 0 unspecified atom stereocenters. The third-order valence-electron chi connectivity index (χ3n) is 5.60. The summed E-state index contributed by atoms with van der Waals surface area (Å²) < 4.78 is 5.60. The van der Waals surface area contributed by atoms with Crippen molar-refractivity contribution in [3.8, 4) is 0 Å². The lowest BCUT2D eigenvalue weighted by atomic mass is 9.92. The molecule has 3 heterocycles. The average Bonchev–Trinajstić information content (AvgIpc) is 2.88. The maximum atomic E-state index is 12.8. The Bertz CT molecular complexity index is 692. The van der Waals surface area contributed by atoms with Crippen molar-refractivity contribution in [1.82, 2.24) is 14.7 Å². The molecule has 3 aliphatic rings. The second kappa shape index (κ2) is 6.33. The fourth-order valence-electron chi connectivity index (χ4n) is 4.30. The number of likely N-dealkylation sites (N-methyl/N-ethyl adjacent to an activating group) is 1. The van der Waals surface area contributed by atoms with Crippen LogP contribution in [0, 0.1) is 0 Å². The van der Waals surface area contributed by atoms with Crippen molar-refractivity contribution in [2.24, 2.45) is 0 Å². The Kier molecular flexibility index (Phi) is 4.15. The molecule has 2 fully saturated rings. The predicted molar refractivity (Wildman–Crippen MR) is 93.1 cm³/mol. The third-order valence-corrected chi connectivity index (χ3v) is 5.60. The largest absolute Gasteiger partial charge is 0.439 e. The molecule has 0 aliphatic carbocycles. The van der Waals surface area contributed by atoms with Gasteiger partial charge in [-0.05, 0) is 30.4 Å². The topological polar surface area (TPSA) is 53.1 Å². The van der Waals surface area contributed by atoms with Gasteiger partial charge < -0.3 is 14.5 Å². The minimum Gasteiger partial charge on any atom is -0.439 e. The maximum absolute atomic E-state index is 12.8. The zero-order valence-corrected chi connectivity index (χ0v) is 14.7. The van der Waals surface area contributed by atoms with E-state index in [0.29, 0.717) is 19.6 Å². The van der Waals surface area contributed by atoms with Crippen LogP contribution in [0.1, 0.15) is 24.0 Å². The maximum Gasteiger partial charge on any atom is 0.410 e. The van der Waals surface area contributed by atoms with Gasteiger partial charge in [-0.2, -0.15) is 0 Å². The first kappa shape index (κ1) is 16.4. The highest BCUT2D eigenvalue weighted by molar-refractivity contribution is 5.79. The number of fused-ring (bicyclic) bond motifs is 1. The lowest BCUT2D eigenvalue weighted by molar-refractivity contribution is -0.138. The fraction of sp³-hybridized carbons (Fsp3) is 0.579. The van der Waals surface area contributed by atoms with Gasteiger partial charge in [0.1, 0.15) is 5.60 Å². The Morgan fingerprint density at radius 2 is 2.00 bits per heavy atom. The van der Waals surface area contributed by atoms with E-state index in [9.17, 15) is 9.59 Å². The Labute approximate surface area is 148 Å². The number of carbonyl (C=O) groups is 2. The van der Waals surface area contributed by atoms with Crippen molar-refractivity contribution in [3.63, 3.8) is 0 Å². The van der Waals surface area contributed by atoms with Crippen LogP contribution in [0.3, 0.4) is 0 Å². The van der Waals surface area contributed by atoms with Gasteiger partial charge in [0.05, 0.1) is 19.6 Å². The molecular weight excluding hydrogens is 318 g/mol. The van der Waals surface area contributed by atoms with Gasteiger partial charge in [-0.25, -0.2) is 4.79 Å². The standard InChI is InChI=1S/C19H25N3O3/c1-20-13-19(25-18(20)24)8-4-9-22(14-19)17(23)12-21-10-7-15-5-2-3-6-16(15)11-21/h2-3,5-6H,4,7-14H2,1H3/t19-/m1/s1. The van der Waals surface area contributed by atoms with Gasteiger partial charge in [0.2, 0.25) is 5.91 Å². The lowest BCUT2D eigenvalue weighted by Crippen LogP contribution is -2.54. The summed E-state index contributed by atoms with van der Waals surface area (Å²) in [7, 11) is 1.75. The van der Waals surface area contributed by atoms with Crippen LogP contribution in [0.25, 0.3) is 0 Å². The second-order valence-electron chi connectivity index (χ2n) is 7.56. The minimum absolute atomic E-state index is 0.143. The van der Waals surface area contributed by atoms with Crippen LogP contribution in [0.5, 0.6) is 0 Å². The van der Waals surface area contributed by atoms with Crippen LogP contribution in [-0.4, -0.2) is 72.1 Å². The van der Waals surface area contributed by atoms with Crippen molar-refractivity contribution >= 4 is 12.0 Å². The zero-order valence-electron chi connectivity index (χ0n) is 14.7. The molecule has 1 atom stereocenters. The van der Waals surface area contributed by atoms with Crippen molar-refractivity contribution < 1.29 is 14.3 Å². The van der Waals surface area contributed by atoms with Crippen LogP contribution < -0.4 is 0 Å². The first-order valence-corrected chi connectivity index (χ1v) is 9.06. The summed E-state index contributed by atoms with van der Waals surface area (Å²) in [4.78, 5) is 30.3. The van der Waals surface area contributed by atoms with E-state index in [1.807, 2.05) is 4.90 Å². The monoisotopic (exact) mass is 343 g/mol. The Balaban J connectivity index is 1.38. The molecule has 2 amide bonds. The molecule has 1 spiro atoms. The number of carbonyl (C=O) groups excluding carboxylic acids is 2. The minimum atomic E-state index is -0.506. The summed E-state index contributed by atoms with van der Waals surface area (Å²) in [6.45, 7) is 4.04. The smallest absolute Gasteiger partial charge is 0.410 e. The van der Waals surface area contributed by atoms with Crippen LogP contribution in [0.15, 0.2) is 24.3 Å². The molecular formula is C19H25N3O3. The molecule has 4 rings (SSSR count). The summed E-state index contributed by atoms with van der Waals surface area (Å²) in [6.07, 6.45) is 2.44. The number of amides is 2. The van der Waals surface area contributed by atoms with E-state index in [0.717, 1.165) is 38.9 Å². The summed E-state index contributed by atoms with van der Waals surface area (Å²) in [5.74, 6) is 0.143. The van der Waals surface area contributed by atoms with E-state index < -0.39 is 5.60 Å². The Morgan fingerprint density at radius 1 is 1.20 bits per heavy atom. The van der Waals surface area contributed by atoms with Crippen molar-refractivity contribution in [2.45, 2.75) is 31.4 Å². The number of ether oxygens (including phenoxy) is 1. The van der Waals surface area contributed by atoms with E-state index in [1.165, 1.54) is 11.1 Å². The van der Waals surface area contributed by atoms with Crippen molar-refractivity contribution in [3.05, 3.63) is 35.4 Å². The molecule has 1 aromatic carbocycles. The van der Waals surface area contributed by atoms with Crippen LogP contribution in [0.4, 0.5) is 4.79 Å². The molecule has 0 bridgehead atoms. The van der Waals surface area contributed by atoms with E-state index in [4.69, 9.17) is 4.74 Å². The first-order chi connectivity index (χ1) is 12.0. The lowest BCUT2D eigenvalue weighted by Gasteiger charge is -2.39. The van der Waals surface area contributed by atoms with Crippen LogP contribution in [-0.2, 0) is 22.5 Å². The highest BCUT2D eigenvalue weighted by Gasteiger charge is 2.47. The van der Waals surface area contributed by atoms with Crippen molar-refractivity contribution in [1.29, 1.82) is 0 Å². The van der Waals surface area contributed by atoms with E-state index in [-0.39, 0.29) is 12.0 Å². The van der Waals surface area contributed by atoms with E-state index >= 15 is 0 Å². The van der Waals surface area contributed by atoms with E-state index in [1.54, 1.807) is 11.9 Å². The van der Waals surface area contributed by atoms with Gasteiger partial charge in [-0.15, -0.1) is 0 Å². The van der Waals surface area contributed by atoms with Gasteiger partial charge in [0, 0.05) is 26.7 Å². The Morgan fingerprint density at radius 3 is 2.76 bits per heavy atom. The third kappa shape index (κ3) is 3.23. The molecule has 0 N–H and O–H groups in total. The molecule has 134 valence electrons.